The third-order valence-corrected chi connectivity index (χ3v) is 2.83. The van der Waals surface area contributed by atoms with Crippen LogP contribution in [0.25, 0.3) is 0 Å². The van der Waals surface area contributed by atoms with Gasteiger partial charge in [-0.15, -0.1) is 0 Å². The summed E-state index contributed by atoms with van der Waals surface area (Å²) in [6, 6.07) is 7.45. The molecule has 0 aliphatic rings. The van der Waals surface area contributed by atoms with Crippen LogP contribution in [0.4, 0.5) is 5.69 Å². The lowest BCUT2D eigenvalue weighted by Gasteiger charge is -2.09. The largest absolute Gasteiger partial charge is 0.497 e. The molecule has 0 saturated carbocycles. The number of nitrogen functional groups attached to an aromatic ring is 1. The molecule has 0 aliphatic heterocycles. The predicted molar refractivity (Wildman–Crippen MR) is 69.7 cm³/mol. The van der Waals surface area contributed by atoms with Crippen LogP contribution in [-0.4, -0.2) is 16.9 Å². The lowest BCUT2D eigenvalue weighted by atomic mass is 10.3. The van der Waals surface area contributed by atoms with Crippen LogP contribution in [0.5, 0.6) is 11.5 Å². The van der Waals surface area contributed by atoms with Gasteiger partial charge in [-0.1, -0.05) is 6.07 Å². The molecule has 0 unspecified atom stereocenters. The van der Waals surface area contributed by atoms with E-state index in [-0.39, 0.29) is 0 Å². The smallest absolute Gasteiger partial charge is 0.181 e. The van der Waals surface area contributed by atoms with Crippen molar-refractivity contribution in [3.05, 3.63) is 35.7 Å². The molecule has 0 radical (unpaired) electrons. The summed E-state index contributed by atoms with van der Waals surface area (Å²) in [5.41, 5.74) is 8.30. The normalized spacial score (nSPS) is 10.4. The molecule has 0 atom stereocenters. The van der Waals surface area contributed by atoms with Crippen molar-refractivity contribution in [1.29, 1.82) is 0 Å². The van der Waals surface area contributed by atoms with Crippen molar-refractivity contribution in [1.82, 2.24) is 9.78 Å². The molecule has 96 valence electrons. The van der Waals surface area contributed by atoms with E-state index in [0.29, 0.717) is 12.4 Å². The second-order valence-electron chi connectivity index (χ2n) is 4.04. The molecule has 5 heteroatoms. The zero-order valence-electron chi connectivity index (χ0n) is 10.8. The number of rotatable bonds is 4. The SMILES string of the molecule is COc1cccc(OCn2nc(C)c(N)c2C)c1. The average Bonchev–Trinajstić information content (AvgIpc) is 2.64. The van der Waals surface area contributed by atoms with Crippen LogP contribution in [0, 0.1) is 13.8 Å². The number of ether oxygens (including phenoxy) is 2. The lowest BCUT2D eigenvalue weighted by Crippen LogP contribution is -2.08. The number of hydrogen-bond donors (Lipinski definition) is 1. The Bertz CT molecular complexity index is 549. The number of nitrogens with zero attached hydrogens (tertiary/aromatic N) is 2. The standard InChI is InChI=1S/C13H17N3O2/c1-9-13(14)10(2)16(15-9)8-18-12-6-4-5-11(7-12)17-3/h4-7H,8,14H2,1-3H3. The first-order chi connectivity index (χ1) is 8.61. The maximum absolute atomic E-state index is 5.86. The molecular weight excluding hydrogens is 230 g/mol. The van der Waals surface area contributed by atoms with Crippen LogP contribution in [-0.2, 0) is 6.73 Å². The number of nitrogens with two attached hydrogens (primary N) is 1. The predicted octanol–water partition coefficient (Wildman–Crippen LogP) is 2.13. The molecule has 2 aromatic rings. The molecular formula is C13H17N3O2. The Kier molecular flexibility index (Phi) is 3.41. The number of aromatic nitrogens is 2. The van der Waals surface area contributed by atoms with Crippen LogP contribution in [0.3, 0.4) is 0 Å². The number of anilines is 1. The van der Waals surface area contributed by atoms with Gasteiger partial charge in [-0.05, 0) is 26.0 Å². The van der Waals surface area contributed by atoms with Gasteiger partial charge in [-0.25, -0.2) is 4.68 Å². The summed E-state index contributed by atoms with van der Waals surface area (Å²) in [7, 11) is 1.63. The van der Waals surface area contributed by atoms with Gasteiger partial charge >= 0.3 is 0 Å². The van der Waals surface area contributed by atoms with Crippen LogP contribution in [0.1, 0.15) is 11.4 Å². The maximum atomic E-state index is 5.86. The first-order valence-electron chi connectivity index (χ1n) is 5.68. The topological polar surface area (TPSA) is 62.3 Å². The van der Waals surface area contributed by atoms with Crippen molar-refractivity contribution >= 4 is 5.69 Å². The summed E-state index contributed by atoms with van der Waals surface area (Å²) in [6.07, 6.45) is 0. The first kappa shape index (κ1) is 12.3. The Balaban J connectivity index is 2.09. The van der Waals surface area contributed by atoms with Crippen molar-refractivity contribution in [2.45, 2.75) is 20.6 Å². The van der Waals surface area contributed by atoms with Crippen molar-refractivity contribution in [2.24, 2.45) is 0 Å². The Morgan fingerprint density at radius 3 is 2.61 bits per heavy atom. The third-order valence-electron chi connectivity index (χ3n) is 2.83. The summed E-state index contributed by atoms with van der Waals surface area (Å²) in [4.78, 5) is 0. The third kappa shape index (κ3) is 2.40. The highest BCUT2D eigenvalue weighted by atomic mass is 16.5. The highest BCUT2D eigenvalue weighted by Crippen LogP contribution is 2.20. The van der Waals surface area contributed by atoms with Gasteiger partial charge in [-0.3, -0.25) is 0 Å². The molecule has 0 saturated heterocycles. The summed E-state index contributed by atoms with van der Waals surface area (Å²) < 4.78 is 12.5. The summed E-state index contributed by atoms with van der Waals surface area (Å²) >= 11 is 0. The fourth-order valence-electron chi connectivity index (χ4n) is 1.66. The fourth-order valence-corrected chi connectivity index (χ4v) is 1.66. The minimum absolute atomic E-state index is 0.330. The van der Waals surface area contributed by atoms with Gasteiger partial charge in [-0.2, -0.15) is 5.10 Å². The molecule has 0 amide bonds. The van der Waals surface area contributed by atoms with Gasteiger partial charge in [0.1, 0.15) is 11.5 Å². The molecule has 2 N–H and O–H groups in total. The molecule has 1 aromatic carbocycles. The Labute approximate surface area is 106 Å². The van der Waals surface area contributed by atoms with E-state index in [1.54, 1.807) is 11.8 Å². The van der Waals surface area contributed by atoms with E-state index in [1.807, 2.05) is 38.1 Å². The van der Waals surface area contributed by atoms with Crippen LogP contribution < -0.4 is 15.2 Å². The van der Waals surface area contributed by atoms with Gasteiger partial charge in [0.15, 0.2) is 6.73 Å². The molecule has 5 nitrogen and oxygen atoms in total. The molecule has 1 heterocycles. The Morgan fingerprint density at radius 2 is 2.00 bits per heavy atom. The van der Waals surface area contributed by atoms with Gasteiger partial charge < -0.3 is 15.2 Å². The minimum Gasteiger partial charge on any atom is -0.497 e. The summed E-state index contributed by atoms with van der Waals surface area (Å²) in [6.45, 7) is 4.13. The maximum Gasteiger partial charge on any atom is 0.181 e. The Hall–Kier alpha value is -2.17. The van der Waals surface area contributed by atoms with E-state index in [1.165, 1.54) is 0 Å². The fraction of sp³-hybridized carbons (Fsp3) is 0.308. The van der Waals surface area contributed by atoms with E-state index in [0.717, 1.165) is 22.9 Å². The quantitative estimate of drug-likeness (QED) is 0.899. The molecule has 0 fully saturated rings. The van der Waals surface area contributed by atoms with Gasteiger partial charge in [0.25, 0.3) is 0 Å². The van der Waals surface area contributed by atoms with E-state index < -0.39 is 0 Å². The van der Waals surface area contributed by atoms with E-state index in [4.69, 9.17) is 15.2 Å². The number of benzene rings is 1. The zero-order valence-corrected chi connectivity index (χ0v) is 10.8. The first-order valence-corrected chi connectivity index (χ1v) is 5.68. The number of aryl methyl sites for hydroxylation is 1. The van der Waals surface area contributed by atoms with Crippen LogP contribution in [0.2, 0.25) is 0 Å². The van der Waals surface area contributed by atoms with Crippen molar-refractivity contribution < 1.29 is 9.47 Å². The van der Waals surface area contributed by atoms with Crippen molar-refractivity contribution in [3.8, 4) is 11.5 Å². The van der Waals surface area contributed by atoms with Gasteiger partial charge in [0.05, 0.1) is 24.2 Å². The van der Waals surface area contributed by atoms with E-state index in [2.05, 4.69) is 5.10 Å². The molecule has 0 bridgehead atoms. The van der Waals surface area contributed by atoms with Crippen molar-refractivity contribution in [3.63, 3.8) is 0 Å². The van der Waals surface area contributed by atoms with Crippen molar-refractivity contribution in [2.75, 3.05) is 12.8 Å². The average molecular weight is 247 g/mol. The molecule has 18 heavy (non-hydrogen) atoms. The highest BCUT2D eigenvalue weighted by Gasteiger charge is 2.08. The zero-order chi connectivity index (χ0) is 13.1. The minimum atomic E-state index is 0.330. The molecule has 0 spiro atoms. The second kappa shape index (κ2) is 5.00. The molecule has 1 aromatic heterocycles. The summed E-state index contributed by atoms with van der Waals surface area (Å²) in [5, 5.41) is 4.30. The Morgan fingerprint density at radius 1 is 1.28 bits per heavy atom. The molecule has 2 rings (SSSR count). The monoisotopic (exact) mass is 247 g/mol. The molecule has 0 aliphatic carbocycles. The number of methoxy groups -OCH3 is 1. The van der Waals surface area contributed by atoms with Gasteiger partial charge in [0.2, 0.25) is 0 Å². The highest BCUT2D eigenvalue weighted by molar-refractivity contribution is 5.46. The summed E-state index contributed by atoms with van der Waals surface area (Å²) in [5.74, 6) is 1.50. The number of hydrogen-bond acceptors (Lipinski definition) is 4. The van der Waals surface area contributed by atoms with E-state index in [9.17, 15) is 0 Å². The van der Waals surface area contributed by atoms with Gasteiger partial charge in [0, 0.05) is 6.07 Å². The van der Waals surface area contributed by atoms with Crippen LogP contribution in [0.15, 0.2) is 24.3 Å². The second-order valence-corrected chi connectivity index (χ2v) is 4.04. The van der Waals surface area contributed by atoms with E-state index >= 15 is 0 Å². The van der Waals surface area contributed by atoms with Crippen LogP contribution >= 0.6 is 0 Å². The lowest BCUT2D eigenvalue weighted by molar-refractivity contribution is 0.217.